The van der Waals surface area contributed by atoms with Gasteiger partial charge in [0.2, 0.25) is 11.8 Å². The first-order chi connectivity index (χ1) is 8.70. The molecule has 0 saturated carbocycles. The summed E-state index contributed by atoms with van der Waals surface area (Å²) in [6.07, 6.45) is 1.34. The number of hydrogen-bond donors (Lipinski definition) is 1. The second-order valence-electron chi connectivity index (χ2n) is 3.39. The van der Waals surface area contributed by atoms with Gasteiger partial charge in [-0.25, -0.2) is 0 Å². The van der Waals surface area contributed by atoms with Gasteiger partial charge in [-0.2, -0.15) is 9.97 Å². The Hall–Kier alpha value is -2.01. The molecule has 5 nitrogen and oxygen atoms in total. The molecule has 0 fully saturated rings. The number of halogens is 1. The predicted octanol–water partition coefficient (Wildman–Crippen LogP) is 2.90. The highest BCUT2D eigenvalue weighted by Gasteiger charge is 2.10. The van der Waals surface area contributed by atoms with Gasteiger partial charge in [-0.3, -0.25) is 0 Å². The summed E-state index contributed by atoms with van der Waals surface area (Å²) in [7, 11) is 0. The summed E-state index contributed by atoms with van der Waals surface area (Å²) in [5.74, 6) is 1.17. The molecular formula is C12H12ClN3O2. The summed E-state index contributed by atoms with van der Waals surface area (Å²) in [6.45, 7) is 2.32. The van der Waals surface area contributed by atoms with Gasteiger partial charge in [0.25, 0.3) is 0 Å². The lowest BCUT2D eigenvalue weighted by Gasteiger charge is -2.09. The zero-order chi connectivity index (χ0) is 13.0. The number of nitrogens with two attached hydrogens (primary N) is 1. The van der Waals surface area contributed by atoms with Gasteiger partial charge in [-0.05, 0) is 31.2 Å². The lowest BCUT2D eigenvalue weighted by molar-refractivity contribution is 0.325. The number of anilines is 1. The molecular weight excluding hydrogens is 254 g/mol. The fourth-order valence-corrected chi connectivity index (χ4v) is 1.44. The number of hydrogen-bond acceptors (Lipinski definition) is 5. The summed E-state index contributed by atoms with van der Waals surface area (Å²) < 4.78 is 10.8. The fourth-order valence-electron chi connectivity index (χ4n) is 1.31. The molecule has 0 aliphatic heterocycles. The van der Waals surface area contributed by atoms with Crippen LogP contribution in [0.1, 0.15) is 6.92 Å². The zero-order valence-corrected chi connectivity index (χ0v) is 10.5. The highest BCUT2D eigenvalue weighted by atomic mass is 35.5. The van der Waals surface area contributed by atoms with Gasteiger partial charge >= 0.3 is 0 Å². The highest BCUT2D eigenvalue weighted by Crippen LogP contribution is 2.30. The van der Waals surface area contributed by atoms with Crippen molar-refractivity contribution >= 4 is 17.3 Å². The van der Waals surface area contributed by atoms with Crippen molar-refractivity contribution in [2.75, 3.05) is 12.3 Å². The Bertz CT molecular complexity index is 531. The van der Waals surface area contributed by atoms with Crippen LogP contribution < -0.4 is 15.2 Å². The minimum Gasteiger partial charge on any atom is -0.476 e. The minimum absolute atomic E-state index is 0.260. The van der Waals surface area contributed by atoms with Gasteiger partial charge in [-0.1, -0.05) is 11.6 Å². The van der Waals surface area contributed by atoms with Crippen LogP contribution in [0.3, 0.4) is 0 Å². The van der Waals surface area contributed by atoms with Crippen LogP contribution in [0, 0.1) is 0 Å². The molecule has 1 aromatic carbocycles. The SMILES string of the molecule is CCOc1ncnc(Oc2ccc(Cl)cc2)c1N. The Morgan fingerprint density at radius 3 is 2.50 bits per heavy atom. The van der Waals surface area contributed by atoms with Crippen molar-refractivity contribution in [2.24, 2.45) is 0 Å². The third-order valence-corrected chi connectivity index (χ3v) is 2.37. The molecule has 2 rings (SSSR count). The summed E-state index contributed by atoms with van der Waals surface area (Å²) >= 11 is 5.79. The third-order valence-electron chi connectivity index (χ3n) is 2.12. The molecule has 2 aromatic rings. The Balaban J connectivity index is 2.23. The molecule has 6 heteroatoms. The van der Waals surface area contributed by atoms with Crippen molar-refractivity contribution in [1.82, 2.24) is 9.97 Å². The number of aromatic nitrogens is 2. The normalized spacial score (nSPS) is 10.1. The Morgan fingerprint density at radius 1 is 1.17 bits per heavy atom. The van der Waals surface area contributed by atoms with Gasteiger partial charge < -0.3 is 15.2 Å². The van der Waals surface area contributed by atoms with Crippen LogP contribution in [-0.2, 0) is 0 Å². The summed E-state index contributed by atoms with van der Waals surface area (Å²) in [5, 5.41) is 0.632. The lowest BCUT2D eigenvalue weighted by Crippen LogP contribution is -2.02. The van der Waals surface area contributed by atoms with E-state index in [1.54, 1.807) is 24.3 Å². The van der Waals surface area contributed by atoms with E-state index in [9.17, 15) is 0 Å². The molecule has 0 aliphatic rings. The first-order valence-corrected chi connectivity index (χ1v) is 5.75. The van der Waals surface area contributed by atoms with Crippen molar-refractivity contribution in [2.45, 2.75) is 6.92 Å². The predicted molar refractivity (Wildman–Crippen MR) is 69.1 cm³/mol. The monoisotopic (exact) mass is 265 g/mol. The number of nitrogen functional groups attached to an aromatic ring is 1. The maximum absolute atomic E-state index is 5.85. The van der Waals surface area contributed by atoms with E-state index >= 15 is 0 Å². The molecule has 18 heavy (non-hydrogen) atoms. The molecule has 0 spiro atoms. The van der Waals surface area contributed by atoms with Crippen molar-refractivity contribution < 1.29 is 9.47 Å². The number of ether oxygens (including phenoxy) is 2. The molecule has 1 aromatic heterocycles. The van der Waals surface area contributed by atoms with E-state index in [0.717, 1.165) is 0 Å². The van der Waals surface area contributed by atoms with Crippen LogP contribution in [-0.4, -0.2) is 16.6 Å². The first-order valence-electron chi connectivity index (χ1n) is 5.37. The molecule has 94 valence electrons. The highest BCUT2D eigenvalue weighted by molar-refractivity contribution is 6.30. The second kappa shape index (κ2) is 5.55. The number of nitrogens with zero attached hydrogens (tertiary/aromatic N) is 2. The van der Waals surface area contributed by atoms with Gasteiger partial charge in [0, 0.05) is 5.02 Å². The van der Waals surface area contributed by atoms with Gasteiger partial charge in [0.15, 0.2) is 5.69 Å². The molecule has 2 N–H and O–H groups in total. The standard InChI is InChI=1S/C12H12ClN3O2/c1-2-17-11-10(14)12(16-7-15-11)18-9-5-3-8(13)4-6-9/h3-7H,2,14H2,1H3. The Kier molecular flexibility index (Phi) is 3.84. The first kappa shape index (κ1) is 12.4. The Labute approximate surface area is 110 Å². The summed E-state index contributed by atoms with van der Waals surface area (Å²) in [4.78, 5) is 7.89. The Morgan fingerprint density at radius 2 is 1.83 bits per heavy atom. The van der Waals surface area contributed by atoms with Crippen LogP contribution in [0.5, 0.6) is 17.5 Å². The van der Waals surface area contributed by atoms with E-state index in [2.05, 4.69) is 9.97 Å². The molecule has 0 radical (unpaired) electrons. The van der Waals surface area contributed by atoms with Crippen LogP contribution >= 0.6 is 11.6 Å². The smallest absolute Gasteiger partial charge is 0.249 e. The maximum Gasteiger partial charge on any atom is 0.249 e. The molecule has 0 unspecified atom stereocenters. The summed E-state index contributed by atoms with van der Waals surface area (Å²) in [5.41, 5.74) is 6.12. The fraction of sp³-hybridized carbons (Fsp3) is 0.167. The van der Waals surface area contributed by atoms with Crippen molar-refractivity contribution in [3.63, 3.8) is 0 Å². The van der Waals surface area contributed by atoms with Gasteiger partial charge in [0.1, 0.15) is 12.1 Å². The minimum atomic E-state index is 0.260. The van der Waals surface area contributed by atoms with E-state index in [4.69, 9.17) is 26.8 Å². The average Bonchev–Trinajstić information content (AvgIpc) is 2.37. The number of rotatable bonds is 4. The van der Waals surface area contributed by atoms with Gasteiger partial charge in [-0.15, -0.1) is 0 Å². The van der Waals surface area contributed by atoms with Crippen molar-refractivity contribution in [3.05, 3.63) is 35.6 Å². The van der Waals surface area contributed by atoms with Gasteiger partial charge in [0.05, 0.1) is 6.61 Å². The largest absolute Gasteiger partial charge is 0.476 e. The third kappa shape index (κ3) is 2.81. The second-order valence-corrected chi connectivity index (χ2v) is 3.82. The maximum atomic E-state index is 5.85. The molecule has 0 bridgehead atoms. The molecule has 0 aliphatic carbocycles. The average molecular weight is 266 g/mol. The van der Waals surface area contributed by atoms with E-state index in [1.807, 2.05) is 6.92 Å². The quantitative estimate of drug-likeness (QED) is 0.920. The van der Waals surface area contributed by atoms with Crippen molar-refractivity contribution in [1.29, 1.82) is 0 Å². The van der Waals surface area contributed by atoms with E-state index in [-0.39, 0.29) is 11.6 Å². The molecule has 0 saturated heterocycles. The van der Waals surface area contributed by atoms with Crippen LogP contribution in [0.4, 0.5) is 5.69 Å². The number of benzene rings is 1. The molecule has 0 atom stereocenters. The summed E-state index contributed by atoms with van der Waals surface area (Å²) in [6, 6.07) is 6.89. The van der Waals surface area contributed by atoms with E-state index in [0.29, 0.717) is 23.3 Å². The molecule has 1 heterocycles. The van der Waals surface area contributed by atoms with Crippen LogP contribution in [0.2, 0.25) is 5.02 Å². The zero-order valence-electron chi connectivity index (χ0n) is 9.76. The van der Waals surface area contributed by atoms with E-state index in [1.165, 1.54) is 6.33 Å². The lowest BCUT2D eigenvalue weighted by atomic mass is 10.3. The van der Waals surface area contributed by atoms with Crippen LogP contribution in [0.25, 0.3) is 0 Å². The van der Waals surface area contributed by atoms with Crippen LogP contribution in [0.15, 0.2) is 30.6 Å². The van der Waals surface area contributed by atoms with Crippen molar-refractivity contribution in [3.8, 4) is 17.5 Å². The molecule has 0 amide bonds. The topological polar surface area (TPSA) is 70.3 Å². The van der Waals surface area contributed by atoms with E-state index < -0.39 is 0 Å².